The first kappa shape index (κ1) is 13.2. The van der Waals surface area contributed by atoms with Gasteiger partial charge in [0.05, 0.1) is 18.3 Å². The average Bonchev–Trinajstić information content (AvgIpc) is 2.54. The summed E-state index contributed by atoms with van der Waals surface area (Å²) in [6.45, 7) is 0.734. The van der Waals surface area contributed by atoms with Gasteiger partial charge in [-0.1, -0.05) is 24.3 Å². The van der Waals surface area contributed by atoms with Crippen molar-refractivity contribution in [2.24, 2.45) is 0 Å². The maximum absolute atomic E-state index is 5.96. The molecular weight excluding hydrogens is 262 g/mol. The minimum atomic E-state index is 0.695. The molecule has 2 aromatic carbocycles. The third kappa shape index (κ3) is 2.74. The van der Waals surface area contributed by atoms with Gasteiger partial charge >= 0.3 is 0 Å². The normalized spacial score (nSPS) is 10.5. The Kier molecular flexibility index (Phi) is 3.60. The quantitative estimate of drug-likeness (QED) is 0.718. The monoisotopic (exact) mass is 279 g/mol. The van der Waals surface area contributed by atoms with Crippen molar-refractivity contribution >= 4 is 22.3 Å². The highest BCUT2D eigenvalue weighted by atomic mass is 16.5. The minimum Gasteiger partial charge on any atom is -0.497 e. The van der Waals surface area contributed by atoms with Gasteiger partial charge < -0.3 is 15.8 Å². The van der Waals surface area contributed by atoms with E-state index in [1.54, 1.807) is 13.3 Å². The van der Waals surface area contributed by atoms with Crippen LogP contribution in [0.3, 0.4) is 0 Å². The Labute approximate surface area is 123 Å². The Morgan fingerprint density at radius 3 is 2.67 bits per heavy atom. The van der Waals surface area contributed by atoms with Gasteiger partial charge in [0.15, 0.2) is 0 Å². The number of pyridine rings is 1. The van der Waals surface area contributed by atoms with Crippen molar-refractivity contribution in [2.45, 2.75) is 6.54 Å². The molecular formula is C17H17N3O. The second kappa shape index (κ2) is 5.71. The molecule has 4 heteroatoms. The van der Waals surface area contributed by atoms with Crippen LogP contribution in [0.2, 0.25) is 0 Å². The van der Waals surface area contributed by atoms with E-state index in [-0.39, 0.29) is 0 Å². The van der Waals surface area contributed by atoms with E-state index in [2.05, 4.69) is 10.3 Å². The summed E-state index contributed by atoms with van der Waals surface area (Å²) in [6, 6.07) is 15.8. The highest BCUT2D eigenvalue weighted by Crippen LogP contribution is 2.25. The van der Waals surface area contributed by atoms with Crippen molar-refractivity contribution in [3.05, 3.63) is 60.3 Å². The molecule has 1 heterocycles. The van der Waals surface area contributed by atoms with E-state index in [0.29, 0.717) is 5.69 Å². The van der Waals surface area contributed by atoms with E-state index < -0.39 is 0 Å². The molecule has 3 rings (SSSR count). The van der Waals surface area contributed by atoms with Crippen LogP contribution in [0.1, 0.15) is 5.56 Å². The summed E-state index contributed by atoms with van der Waals surface area (Å²) < 4.78 is 5.16. The number of anilines is 2. The standard InChI is InChI=1S/C17H17N3O/c1-21-13-7-5-12(6-8-13)11-20-16-9-10-19-17-14(16)3-2-4-15(17)18/h2-10H,11,18H2,1H3,(H,19,20). The van der Waals surface area contributed by atoms with Crippen molar-refractivity contribution in [2.75, 3.05) is 18.2 Å². The minimum absolute atomic E-state index is 0.695. The van der Waals surface area contributed by atoms with Gasteiger partial charge in [0.25, 0.3) is 0 Å². The summed E-state index contributed by atoms with van der Waals surface area (Å²) in [6.07, 6.45) is 1.77. The Bertz CT molecular complexity index is 754. The molecule has 0 atom stereocenters. The number of benzene rings is 2. The van der Waals surface area contributed by atoms with E-state index in [1.807, 2.05) is 48.5 Å². The first-order valence-corrected chi connectivity index (χ1v) is 6.78. The number of nitrogen functional groups attached to an aromatic ring is 1. The highest BCUT2D eigenvalue weighted by Gasteiger charge is 2.04. The zero-order valence-electron chi connectivity index (χ0n) is 11.8. The van der Waals surface area contributed by atoms with E-state index >= 15 is 0 Å². The third-order valence-corrected chi connectivity index (χ3v) is 3.44. The van der Waals surface area contributed by atoms with Crippen molar-refractivity contribution in [1.82, 2.24) is 4.98 Å². The number of hydrogen-bond donors (Lipinski definition) is 2. The summed E-state index contributed by atoms with van der Waals surface area (Å²) in [4.78, 5) is 4.34. The van der Waals surface area contributed by atoms with Crippen LogP contribution in [0.4, 0.5) is 11.4 Å². The van der Waals surface area contributed by atoms with E-state index in [0.717, 1.165) is 28.9 Å². The maximum atomic E-state index is 5.96. The van der Waals surface area contributed by atoms with Crippen LogP contribution in [-0.2, 0) is 6.54 Å². The molecule has 0 fully saturated rings. The molecule has 0 aliphatic heterocycles. The van der Waals surface area contributed by atoms with Crippen LogP contribution in [0.25, 0.3) is 10.9 Å². The molecule has 0 bridgehead atoms. The molecule has 21 heavy (non-hydrogen) atoms. The Hall–Kier alpha value is -2.75. The number of ether oxygens (including phenoxy) is 1. The first-order chi connectivity index (χ1) is 10.3. The molecule has 0 spiro atoms. The van der Waals surface area contributed by atoms with Crippen LogP contribution in [0, 0.1) is 0 Å². The second-order valence-electron chi connectivity index (χ2n) is 4.80. The summed E-state index contributed by atoms with van der Waals surface area (Å²) in [5, 5.41) is 4.47. The topological polar surface area (TPSA) is 60.2 Å². The number of nitrogens with one attached hydrogen (secondary N) is 1. The summed E-state index contributed by atoms with van der Waals surface area (Å²) in [5.41, 5.74) is 9.70. The van der Waals surface area contributed by atoms with Crippen molar-refractivity contribution in [3.63, 3.8) is 0 Å². The highest BCUT2D eigenvalue weighted by molar-refractivity contribution is 5.97. The SMILES string of the molecule is COc1ccc(CNc2ccnc3c(N)cccc23)cc1. The molecule has 0 saturated carbocycles. The number of nitrogens with zero attached hydrogens (tertiary/aromatic N) is 1. The van der Waals surface area contributed by atoms with Crippen LogP contribution in [0.5, 0.6) is 5.75 Å². The van der Waals surface area contributed by atoms with Crippen LogP contribution < -0.4 is 15.8 Å². The zero-order chi connectivity index (χ0) is 14.7. The molecule has 3 N–H and O–H groups in total. The molecule has 0 aliphatic carbocycles. The summed E-state index contributed by atoms with van der Waals surface area (Å²) >= 11 is 0. The van der Waals surface area contributed by atoms with Crippen molar-refractivity contribution in [1.29, 1.82) is 0 Å². The maximum Gasteiger partial charge on any atom is 0.118 e. The first-order valence-electron chi connectivity index (χ1n) is 6.78. The predicted molar refractivity (Wildman–Crippen MR) is 86.5 cm³/mol. The zero-order valence-corrected chi connectivity index (χ0v) is 11.8. The average molecular weight is 279 g/mol. The lowest BCUT2D eigenvalue weighted by atomic mass is 10.1. The van der Waals surface area contributed by atoms with Gasteiger partial charge in [-0.05, 0) is 29.8 Å². The molecule has 0 saturated heterocycles. The van der Waals surface area contributed by atoms with E-state index in [1.165, 1.54) is 5.56 Å². The summed E-state index contributed by atoms with van der Waals surface area (Å²) in [5.74, 6) is 0.862. The van der Waals surface area contributed by atoms with Gasteiger partial charge in [0, 0.05) is 23.8 Å². The number of aromatic nitrogens is 1. The van der Waals surface area contributed by atoms with Crippen LogP contribution in [-0.4, -0.2) is 12.1 Å². The predicted octanol–water partition coefficient (Wildman–Crippen LogP) is 3.44. The van der Waals surface area contributed by atoms with Crippen LogP contribution in [0.15, 0.2) is 54.7 Å². The number of rotatable bonds is 4. The Morgan fingerprint density at radius 1 is 1.10 bits per heavy atom. The Balaban J connectivity index is 1.83. The molecule has 3 aromatic rings. The third-order valence-electron chi connectivity index (χ3n) is 3.44. The van der Waals surface area contributed by atoms with Crippen molar-refractivity contribution in [3.8, 4) is 5.75 Å². The number of fused-ring (bicyclic) bond motifs is 1. The van der Waals surface area contributed by atoms with E-state index in [4.69, 9.17) is 10.5 Å². The van der Waals surface area contributed by atoms with Gasteiger partial charge in [-0.2, -0.15) is 0 Å². The lowest BCUT2D eigenvalue weighted by Gasteiger charge is -2.10. The fraction of sp³-hybridized carbons (Fsp3) is 0.118. The lowest BCUT2D eigenvalue weighted by molar-refractivity contribution is 0.414. The molecule has 0 amide bonds. The molecule has 0 radical (unpaired) electrons. The molecule has 106 valence electrons. The fourth-order valence-electron chi connectivity index (χ4n) is 2.29. The second-order valence-corrected chi connectivity index (χ2v) is 4.80. The number of methoxy groups -OCH3 is 1. The van der Waals surface area contributed by atoms with Gasteiger partial charge in [0.1, 0.15) is 5.75 Å². The Morgan fingerprint density at radius 2 is 1.90 bits per heavy atom. The van der Waals surface area contributed by atoms with Gasteiger partial charge in [0.2, 0.25) is 0 Å². The molecule has 0 unspecified atom stereocenters. The largest absolute Gasteiger partial charge is 0.497 e. The number of para-hydroxylation sites is 1. The van der Waals surface area contributed by atoms with Gasteiger partial charge in [-0.25, -0.2) is 0 Å². The smallest absolute Gasteiger partial charge is 0.118 e. The summed E-state index contributed by atoms with van der Waals surface area (Å²) in [7, 11) is 1.67. The lowest BCUT2D eigenvalue weighted by Crippen LogP contribution is -2.01. The van der Waals surface area contributed by atoms with E-state index in [9.17, 15) is 0 Å². The molecule has 4 nitrogen and oxygen atoms in total. The fourth-order valence-corrected chi connectivity index (χ4v) is 2.29. The number of nitrogens with two attached hydrogens (primary N) is 1. The van der Waals surface area contributed by atoms with Crippen molar-refractivity contribution < 1.29 is 4.74 Å². The molecule has 1 aromatic heterocycles. The van der Waals surface area contributed by atoms with Crippen LogP contribution >= 0.6 is 0 Å². The van der Waals surface area contributed by atoms with Gasteiger partial charge in [-0.3, -0.25) is 4.98 Å². The number of hydrogen-bond acceptors (Lipinski definition) is 4. The van der Waals surface area contributed by atoms with Gasteiger partial charge in [-0.15, -0.1) is 0 Å². The molecule has 0 aliphatic rings.